The van der Waals surface area contributed by atoms with E-state index in [0.717, 1.165) is 29.0 Å². The van der Waals surface area contributed by atoms with Gasteiger partial charge in [0.15, 0.2) is 5.16 Å². The molecule has 3 aromatic rings. The molecule has 0 aliphatic carbocycles. The number of carbonyl (C=O) groups is 1. The quantitative estimate of drug-likeness (QED) is 0.304. The number of hydrogen-bond donors (Lipinski definition) is 0. The maximum Gasteiger partial charge on any atom is 0.315 e. The first-order valence-corrected chi connectivity index (χ1v) is 10.4. The highest BCUT2D eigenvalue weighted by atomic mass is 32.2. The van der Waals surface area contributed by atoms with Crippen molar-refractivity contribution in [1.82, 2.24) is 9.97 Å². The van der Waals surface area contributed by atoms with Crippen LogP contribution >= 0.6 is 11.8 Å². The first kappa shape index (κ1) is 21.6. The molecule has 2 heterocycles. The van der Waals surface area contributed by atoms with Crippen LogP contribution in [0.3, 0.4) is 0 Å². The highest BCUT2D eigenvalue weighted by Crippen LogP contribution is 2.20. The van der Waals surface area contributed by atoms with Gasteiger partial charge in [-0.05, 0) is 44.5 Å². The van der Waals surface area contributed by atoms with Crippen molar-refractivity contribution in [2.45, 2.75) is 38.1 Å². The lowest BCUT2D eigenvalue weighted by Crippen LogP contribution is -2.16. The van der Waals surface area contributed by atoms with Crippen LogP contribution < -0.4 is 14.9 Å². The second-order valence-corrected chi connectivity index (χ2v) is 7.47. The largest absolute Gasteiger partial charge is 0.494 e. The Morgan fingerprint density at radius 1 is 1.10 bits per heavy atom. The minimum atomic E-state index is -0.544. The van der Waals surface area contributed by atoms with Gasteiger partial charge in [-0.2, -0.15) is 0 Å². The summed E-state index contributed by atoms with van der Waals surface area (Å²) < 4.78 is 16.0. The third kappa shape index (κ3) is 6.18. The summed E-state index contributed by atoms with van der Waals surface area (Å²) >= 11 is 1.36. The molecule has 0 unspecified atom stereocenters. The molecule has 0 aliphatic rings. The fourth-order valence-electron chi connectivity index (χ4n) is 2.68. The second-order valence-electron chi connectivity index (χ2n) is 6.52. The Morgan fingerprint density at radius 2 is 1.80 bits per heavy atom. The van der Waals surface area contributed by atoms with Crippen LogP contribution in [0.15, 0.2) is 57.0 Å². The van der Waals surface area contributed by atoms with Crippen LogP contribution in [0, 0.1) is 13.8 Å². The molecule has 0 radical (unpaired) electrons. The van der Waals surface area contributed by atoms with Crippen molar-refractivity contribution < 1.29 is 18.7 Å². The van der Waals surface area contributed by atoms with E-state index in [2.05, 4.69) is 9.97 Å². The summed E-state index contributed by atoms with van der Waals surface area (Å²) in [7, 11) is 0. The minimum Gasteiger partial charge on any atom is -0.494 e. The smallest absolute Gasteiger partial charge is 0.315 e. The van der Waals surface area contributed by atoms with E-state index < -0.39 is 11.4 Å². The molecule has 30 heavy (non-hydrogen) atoms. The van der Waals surface area contributed by atoms with E-state index in [1.54, 1.807) is 24.3 Å². The summed E-state index contributed by atoms with van der Waals surface area (Å²) in [6.07, 6.45) is 1.20. The SMILES string of the molecule is CCOc1ccc(CC(=O)Oc2coc(CSc3nc(C)cc(C)n3)cc2=O)cc1. The van der Waals surface area contributed by atoms with Crippen molar-refractivity contribution in [1.29, 1.82) is 0 Å². The van der Waals surface area contributed by atoms with E-state index in [1.165, 1.54) is 17.8 Å². The lowest BCUT2D eigenvalue weighted by atomic mass is 10.1. The van der Waals surface area contributed by atoms with E-state index in [9.17, 15) is 9.59 Å². The monoisotopic (exact) mass is 426 g/mol. The lowest BCUT2D eigenvalue weighted by Gasteiger charge is -2.06. The van der Waals surface area contributed by atoms with Gasteiger partial charge in [-0.1, -0.05) is 23.9 Å². The fourth-order valence-corrected chi connectivity index (χ4v) is 3.52. The Kier molecular flexibility index (Phi) is 7.24. The Labute approximate surface area is 178 Å². The number of esters is 1. The van der Waals surface area contributed by atoms with Crippen molar-refractivity contribution >= 4 is 17.7 Å². The number of ether oxygens (including phenoxy) is 2. The van der Waals surface area contributed by atoms with E-state index in [1.807, 2.05) is 26.8 Å². The molecular formula is C22H22N2O5S. The van der Waals surface area contributed by atoms with Gasteiger partial charge in [0.25, 0.3) is 0 Å². The van der Waals surface area contributed by atoms with Crippen LogP contribution in [-0.2, 0) is 17.0 Å². The molecule has 3 rings (SSSR count). The molecule has 8 heteroatoms. The Bertz CT molecular complexity index is 1060. The van der Waals surface area contributed by atoms with Crippen LogP contribution in [-0.4, -0.2) is 22.5 Å². The average molecular weight is 426 g/mol. The summed E-state index contributed by atoms with van der Waals surface area (Å²) in [6, 6.07) is 10.3. The van der Waals surface area contributed by atoms with Gasteiger partial charge in [0.05, 0.1) is 18.8 Å². The Balaban J connectivity index is 1.58. The normalized spacial score (nSPS) is 10.6. The Morgan fingerprint density at radius 3 is 2.43 bits per heavy atom. The molecular weight excluding hydrogens is 404 g/mol. The van der Waals surface area contributed by atoms with Gasteiger partial charge in [-0.25, -0.2) is 9.97 Å². The highest BCUT2D eigenvalue weighted by molar-refractivity contribution is 7.98. The van der Waals surface area contributed by atoms with Crippen LogP contribution in [0.1, 0.15) is 29.6 Å². The highest BCUT2D eigenvalue weighted by Gasteiger charge is 2.12. The topological polar surface area (TPSA) is 91.5 Å². The molecule has 0 saturated heterocycles. The zero-order valence-electron chi connectivity index (χ0n) is 17.0. The van der Waals surface area contributed by atoms with E-state index in [4.69, 9.17) is 13.9 Å². The number of benzene rings is 1. The predicted molar refractivity (Wildman–Crippen MR) is 113 cm³/mol. The first-order valence-electron chi connectivity index (χ1n) is 9.42. The van der Waals surface area contributed by atoms with Crippen LogP contribution in [0.25, 0.3) is 0 Å². The van der Waals surface area contributed by atoms with Gasteiger partial charge >= 0.3 is 5.97 Å². The molecule has 2 aromatic heterocycles. The van der Waals surface area contributed by atoms with Crippen molar-refractivity contribution in [2.24, 2.45) is 0 Å². The zero-order chi connectivity index (χ0) is 21.5. The van der Waals surface area contributed by atoms with Crippen molar-refractivity contribution in [3.63, 3.8) is 0 Å². The molecule has 1 aromatic carbocycles. The summed E-state index contributed by atoms with van der Waals surface area (Å²) in [4.78, 5) is 33.1. The number of nitrogens with zero attached hydrogens (tertiary/aromatic N) is 2. The van der Waals surface area contributed by atoms with Crippen molar-refractivity contribution in [3.8, 4) is 11.5 Å². The summed E-state index contributed by atoms with van der Waals surface area (Å²) in [5.74, 6) is 0.881. The van der Waals surface area contributed by atoms with Crippen LogP contribution in [0.5, 0.6) is 11.5 Å². The maximum atomic E-state index is 12.3. The zero-order valence-corrected chi connectivity index (χ0v) is 17.8. The first-order chi connectivity index (χ1) is 14.4. The van der Waals surface area contributed by atoms with Crippen LogP contribution in [0.2, 0.25) is 0 Å². The molecule has 0 aliphatic heterocycles. The van der Waals surface area contributed by atoms with Gasteiger partial charge < -0.3 is 13.9 Å². The van der Waals surface area contributed by atoms with Gasteiger partial charge in [0.2, 0.25) is 11.2 Å². The number of aromatic nitrogens is 2. The molecule has 0 saturated carbocycles. The number of aryl methyl sites for hydroxylation is 2. The molecule has 7 nitrogen and oxygen atoms in total. The molecule has 0 fully saturated rings. The third-order valence-electron chi connectivity index (χ3n) is 3.96. The molecule has 0 bridgehead atoms. The maximum absolute atomic E-state index is 12.3. The van der Waals surface area contributed by atoms with Crippen LogP contribution in [0.4, 0.5) is 0 Å². The average Bonchev–Trinajstić information content (AvgIpc) is 2.69. The molecule has 0 N–H and O–H groups in total. The number of hydrogen-bond acceptors (Lipinski definition) is 8. The number of thioether (sulfide) groups is 1. The van der Waals surface area contributed by atoms with Gasteiger partial charge in [-0.3, -0.25) is 9.59 Å². The number of rotatable bonds is 8. The summed E-state index contributed by atoms with van der Waals surface area (Å²) in [6.45, 7) is 6.27. The number of carbonyl (C=O) groups excluding carboxylic acids is 1. The van der Waals surface area contributed by atoms with E-state index >= 15 is 0 Å². The van der Waals surface area contributed by atoms with Crippen molar-refractivity contribution in [2.75, 3.05) is 6.61 Å². The van der Waals surface area contributed by atoms with Crippen molar-refractivity contribution in [3.05, 3.63) is 75.6 Å². The van der Waals surface area contributed by atoms with Gasteiger partial charge in [0.1, 0.15) is 17.8 Å². The van der Waals surface area contributed by atoms with Gasteiger partial charge in [0, 0.05) is 17.5 Å². The van der Waals surface area contributed by atoms with Gasteiger partial charge in [-0.15, -0.1) is 0 Å². The summed E-state index contributed by atoms with van der Waals surface area (Å²) in [5, 5.41) is 0.612. The standard InChI is InChI=1S/C22H22N2O5S/c1-4-27-17-7-5-16(6-8-17)10-21(26)29-20-12-28-18(11-19(20)25)13-30-22-23-14(2)9-15(3)24-22/h5-9,11-12H,4,10,13H2,1-3H3. The molecule has 0 amide bonds. The van der Waals surface area contributed by atoms with E-state index in [0.29, 0.717) is 23.3 Å². The predicted octanol–water partition coefficient (Wildman–Crippen LogP) is 3.89. The minimum absolute atomic E-state index is 0.0352. The molecule has 0 spiro atoms. The third-order valence-corrected chi connectivity index (χ3v) is 4.83. The molecule has 156 valence electrons. The molecule has 0 atom stereocenters. The lowest BCUT2D eigenvalue weighted by molar-refractivity contribution is -0.133. The fraction of sp³-hybridized carbons (Fsp3) is 0.273. The second kappa shape index (κ2) is 10.1. The Hall–Kier alpha value is -3.13. The van der Waals surface area contributed by atoms with E-state index in [-0.39, 0.29) is 12.2 Å². The summed E-state index contributed by atoms with van der Waals surface area (Å²) in [5.41, 5.74) is 2.09.